The lowest BCUT2D eigenvalue weighted by molar-refractivity contribution is -0.138. The summed E-state index contributed by atoms with van der Waals surface area (Å²) in [6, 6.07) is 4.39. The summed E-state index contributed by atoms with van der Waals surface area (Å²) >= 11 is 0. The predicted molar refractivity (Wildman–Crippen MR) is 100 cm³/mol. The summed E-state index contributed by atoms with van der Waals surface area (Å²) in [6.45, 7) is 1.93. The van der Waals surface area contributed by atoms with E-state index in [0.717, 1.165) is 43.9 Å². The fourth-order valence-electron chi connectivity index (χ4n) is 3.53. The zero-order chi connectivity index (χ0) is 18.5. The minimum absolute atomic E-state index is 0.0495. The molecule has 0 spiro atoms. The summed E-state index contributed by atoms with van der Waals surface area (Å²) < 4.78 is 4.96. The number of anilines is 2. The van der Waals surface area contributed by atoms with Gasteiger partial charge in [0.05, 0.1) is 24.9 Å². The number of pyridine rings is 1. The molecule has 0 bridgehead atoms. The standard InChI is InChI=1S/C19H28N4O3/c1-22(2)17-6-5-16(12-20-17)21-15-4-3-8-23(9-7-15)18(24)10-14-11-19(25)26-13-14/h5-6,12,14-15,21H,3-4,7-11,13H2,1-2H3. The first-order valence-electron chi connectivity index (χ1n) is 9.34. The molecule has 2 aliphatic heterocycles. The Bertz CT molecular complexity index is 632. The van der Waals surface area contributed by atoms with Crippen LogP contribution in [0.15, 0.2) is 18.3 Å². The molecule has 1 aromatic heterocycles. The van der Waals surface area contributed by atoms with Crippen LogP contribution in [-0.4, -0.2) is 61.6 Å². The Balaban J connectivity index is 1.48. The van der Waals surface area contributed by atoms with Gasteiger partial charge in [-0.3, -0.25) is 9.59 Å². The van der Waals surface area contributed by atoms with Gasteiger partial charge in [-0.1, -0.05) is 0 Å². The Kier molecular flexibility index (Phi) is 5.96. The van der Waals surface area contributed by atoms with E-state index in [0.29, 0.717) is 25.5 Å². The van der Waals surface area contributed by atoms with Gasteiger partial charge in [-0.2, -0.15) is 0 Å². The molecular formula is C19H28N4O3. The molecule has 7 heteroatoms. The Morgan fingerprint density at radius 2 is 2.19 bits per heavy atom. The highest BCUT2D eigenvalue weighted by molar-refractivity contribution is 5.78. The summed E-state index contributed by atoms with van der Waals surface area (Å²) in [6.07, 6.45) is 5.58. The van der Waals surface area contributed by atoms with Crippen molar-refractivity contribution in [2.75, 3.05) is 44.0 Å². The predicted octanol–water partition coefficient (Wildman–Crippen LogP) is 1.89. The van der Waals surface area contributed by atoms with E-state index in [1.165, 1.54) is 0 Å². The Labute approximate surface area is 154 Å². The van der Waals surface area contributed by atoms with Crippen LogP contribution in [0.3, 0.4) is 0 Å². The summed E-state index contributed by atoms with van der Waals surface area (Å²) in [7, 11) is 3.94. The fourth-order valence-corrected chi connectivity index (χ4v) is 3.53. The minimum Gasteiger partial charge on any atom is -0.465 e. The van der Waals surface area contributed by atoms with Gasteiger partial charge in [0, 0.05) is 45.6 Å². The van der Waals surface area contributed by atoms with Crippen molar-refractivity contribution in [1.29, 1.82) is 0 Å². The largest absolute Gasteiger partial charge is 0.465 e. The average molecular weight is 360 g/mol. The van der Waals surface area contributed by atoms with Crippen LogP contribution in [0.4, 0.5) is 11.5 Å². The van der Waals surface area contributed by atoms with Crippen LogP contribution in [0.1, 0.15) is 32.1 Å². The fraction of sp³-hybridized carbons (Fsp3) is 0.632. The number of esters is 1. The topological polar surface area (TPSA) is 74.8 Å². The Morgan fingerprint density at radius 1 is 1.35 bits per heavy atom. The van der Waals surface area contributed by atoms with Gasteiger partial charge in [0.25, 0.3) is 0 Å². The van der Waals surface area contributed by atoms with Gasteiger partial charge in [-0.25, -0.2) is 4.98 Å². The second kappa shape index (κ2) is 8.38. The summed E-state index contributed by atoms with van der Waals surface area (Å²) in [5.74, 6) is 0.943. The zero-order valence-corrected chi connectivity index (χ0v) is 15.6. The van der Waals surface area contributed by atoms with Crippen LogP contribution >= 0.6 is 0 Å². The number of cyclic esters (lactones) is 1. The van der Waals surface area contributed by atoms with Crippen molar-refractivity contribution in [3.05, 3.63) is 18.3 Å². The van der Waals surface area contributed by atoms with Crippen LogP contribution in [0, 0.1) is 5.92 Å². The van der Waals surface area contributed by atoms with E-state index in [9.17, 15) is 9.59 Å². The maximum Gasteiger partial charge on any atom is 0.306 e. The third-order valence-corrected chi connectivity index (χ3v) is 5.06. The molecule has 142 valence electrons. The molecule has 2 saturated heterocycles. The highest BCUT2D eigenvalue weighted by Crippen LogP contribution is 2.22. The number of aromatic nitrogens is 1. The smallest absolute Gasteiger partial charge is 0.306 e. The first-order valence-corrected chi connectivity index (χ1v) is 9.34. The quantitative estimate of drug-likeness (QED) is 0.809. The molecule has 2 unspecified atom stereocenters. The number of ether oxygens (including phenoxy) is 1. The Hall–Kier alpha value is -2.31. The first-order chi connectivity index (χ1) is 12.5. The zero-order valence-electron chi connectivity index (χ0n) is 15.6. The molecule has 0 aromatic carbocycles. The minimum atomic E-state index is -0.183. The number of nitrogens with zero attached hydrogens (tertiary/aromatic N) is 3. The third-order valence-electron chi connectivity index (χ3n) is 5.06. The molecular weight excluding hydrogens is 332 g/mol. The first kappa shape index (κ1) is 18.5. The molecule has 1 amide bonds. The molecule has 2 aliphatic rings. The normalized spacial score (nSPS) is 23.3. The van der Waals surface area contributed by atoms with E-state index in [1.807, 2.05) is 42.2 Å². The molecule has 1 N–H and O–H groups in total. The lowest BCUT2D eigenvalue weighted by Crippen LogP contribution is -2.34. The number of carbonyl (C=O) groups excluding carboxylic acids is 2. The van der Waals surface area contributed by atoms with E-state index >= 15 is 0 Å². The highest BCUT2D eigenvalue weighted by Gasteiger charge is 2.28. The van der Waals surface area contributed by atoms with E-state index < -0.39 is 0 Å². The van der Waals surface area contributed by atoms with E-state index in [4.69, 9.17) is 4.74 Å². The average Bonchev–Trinajstić information content (AvgIpc) is 2.88. The van der Waals surface area contributed by atoms with Gasteiger partial charge in [-0.05, 0) is 31.4 Å². The lowest BCUT2D eigenvalue weighted by atomic mass is 10.0. The maximum atomic E-state index is 12.5. The Morgan fingerprint density at radius 3 is 2.85 bits per heavy atom. The monoisotopic (exact) mass is 360 g/mol. The lowest BCUT2D eigenvalue weighted by Gasteiger charge is -2.22. The number of nitrogens with one attached hydrogen (secondary N) is 1. The number of hydrogen-bond donors (Lipinski definition) is 1. The molecule has 3 heterocycles. The van der Waals surface area contributed by atoms with Crippen molar-refractivity contribution in [1.82, 2.24) is 9.88 Å². The van der Waals surface area contributed by atoms with Crippen molar-refractivity contribution >= 4 is 23.4 Å². The molecule has 0 radical (unpaired) electrons. The van der Waals surface area contributed by atoms with E-state index in [1.54, 1.807) is 0 Å². The molecule has 2 fully saturated rings. The van der Waals surface area contributed by atoms with Crippen LogP contribution in [0.2, 0.25) is 0 Å². The number of hydrogen-bond acceptors (Lipinski definition) is 6. The number of rotatable bonds is 5. The molecule has 1 aromatic rings. The number of amides is 1. The molecule has 26 heavy (non-hydrogen) atoms. The molecule has 3 rings (SSSR count). The van der Waals surface area contributed by atoms with Crippen molar-refractivity contribution in [2.24, 2.45) is 5.92 Å². The van der Waals surface area contributed by atoms with Crippen LogP contribution in [-0.2, 0) is 14.3 Å². The molecule has 7 nitrogen and oxygen atoms in total. The van der Waals surface area contributed by atoms with Crippen molar-refractivity contribution in [2.45, 2.75) is 38.1 Å². The van der Waals surface area contributed by atoms with Gasteiger partial charge in [0.2, 0.25) is 5.91 Å². The van der Waals surface area contributed by atoms with Gasteiger partial charge in [0.15, 0.2) is 0 Å². The van der Waals surface area contributed by atoms with Crippen molar-refractivity contribution in [3.63, 3.8) is 0 Å². The molecule has 0 saturated carbocycles. The van der Waals surface area contributed by atoms with Crippen molar-refractivity contribution < 1.29 is 14.3 Å². The van der Waals surface area contributed by atoms with Crippen LogP contribution < -0.4 is 10.2 Å². The summed E-state index contributed by atoms with van der Waals surface area (Å²) in [5.41, 5.74) is 1.02. The van der Waals surface area contributed by atoms with E-state index in [-0.39, 0.29) is 17.8 Å². The summed E-state index contributed by atoms with van der Waals surface area (Å²) in [5, 5.41) is 3.54. The second-order valence-electron chi connectivity index (χ2n) is 7.41. The third kappa shape index (κ3) is 4.86. The number of carbonyl (C=O) groups is 2. The highest BCUT2D eigenvalue weighted by atomic mass is 16.5. The second-order valence-corrected chi connectivity index (χ2v) is 7.41. The molecule has 2 atom stereocenters. The van der Waals surface area contributed by atoms with Gasteiger partial charge in [0.1, 0.15) is 5.82 Å². The van der Waals surface area contributed by atoms with E-state index in [2.05, 4.69) is 10.3 Å². The molecule has 0 aliphatic carbocycles. The van der Waals surface area contributed by atoms with Gasteiger partial charge < -0.3 is 19.9 Å². The van der Waals surface area contributed by atoms with Gasteiger partial charge in [-0.15, -0.1) is 0 Å². The SMILES string of the molecule is CN(C)c1ccc(NC2CCCN(C(=O)CC3COC(=O)C3)CC2)cn1. The number of likely N-dealkylation sites (tertiary alicyclic amines) is 1. The van der Waals surface area contributed by atoms with Crippen LogP contribution in [0.5, 0.6) is 0 Å². The maximum absolute atomic E-state index is 12.5. The van der Waals surface area contributed by atoms with Gasteiger partial charge >= 0.3 is 5.97 Å². The van der Waals surface area contributed by atoms with Crippen molar-refractivity contribution in [3.8, 4) is 0 Å². The van der Waals surface area contributed by atoms with Crippen LogP contribution in [0.25, 0.3) is 0 Å². The summed E-state index contributed by atoms with van der Waals surface area (Å²) in [4.78, 5) is 32.0.